The molecular formula is C20H30IN5. The molecule has 2 aromatic rings. The molecule has 1 aliphatic carbocycles. The van der Waals surface area contributed by atoms with Gasteiger partial charge < -0.3 is 10.6 Å². The Labute approximate surface area is 173 Å². The Morgan fingerprint density at radius 2 is 2.00 bits per heavy atom. The highest BCUT2D eigenvalue weighted by atomic mass is 127. The van der Waals surface area contributed by atoms with Crippen LogP contribution < -0.4 is 10.6 Å². The maximum Gasteiger partial charge on any atom is 0.191 e. The Hall–Kier alpha value is -1.57. The van der Waals surface area contributed by atoms with Gasteiger partial charge in [0.15, 0.2) is 5.96 Å². The van der Waals surface area contributed by atoms with Gasteiger partial charge in [0.05, 0.1) is 6.54 Å². The molecule has 1 aromatic heterocycles. The molecule has 2 N–H and O–H groups in total. The number of rotatable bonds is 8. The van der Waals surface area contributed by atoms with Gasteiger partial charge in [-0.2, -0.15) is 5.10 Å². The summed E-state index contributed by atoms with van der Waals surface area (Å²) >= 11 is 0. The summed E-state index contributed by atoms with van der Waals surface area (Å²) in [5.41, 5.74) is 1.66. The Bertz CT molecular complexity index is 650. The van der Waals surface area contributed by atoms with Gasteiger partial charge in [-0.15, -0.1) is 24.0 Å². The van der Waals surface area contributed by atoms with Crippen molar-refractivity contribution < 1.29 is 0 Å². The van der Waals surface area contributed by atoms with Gasteiger partial charge in [0, 0.05) is 37.4 Å². The molecule has 3 rings (SSSR count). The van der Waals surface area contributed by atoms with E-state index in [1.165, 1.54) is 24.8 Å². The third-order valence-electron chi connectivity index (χ3n) is 5.00. The van der Waals surface area contributed by atoms with Gasteiger partial charge in [-0.3, -0.25) is 9.67 Å². The summed E-state index contributed by atoms with van der Waals surface area (Å²) in [7, 11) is 0. The Morgan fingerprint density at radius 3 is 2.62 bits per heavy atom. The number of aliphatic imine (C=N–C) groups is 1. The molecule has 0 saturated heterocycles. The molecule has 0 radical (unpaired) electrons. The molecular weight excluding hydrogens is 437 g/mol. The van der Waals surface area contributed by atoms with Crippen molar-refractivity contribution >= 4 is 29.9 Å². The summed E-state index contributed by atoms with van der Waals surface area (Å²) in [6, 6.07) is 12.8. The van der Waals surface area contributed by atoms with E-state index in [0.29, 0.717) is 0 Å². The fourth-order valence-corrected chi connectivity index (χ4v) is 3.39. The Kier molecular flexibility index (Phi) is 8.41. The summed E-state index contributed by atoms with van der Waals surface area (Å²) in [5, 5.41) is 11.1. The van der Waals surface area contributed by atoms with Crippen molar-refractivity contribution in [2.24, 2.45) is 4.99 Å². The second-order valence-corrected chi connectivity index (χ2v) is 6.74. The van der Waals surface area contributed by atoms with Gasteiger partial charge in [0.1, 0.15) is 0 Å². The number of benzene rings is 1. The smallest absolute Gasteiger partial charge is 0.191 e. The lowest BCUT2D eigenvalue weighted by atomic mass is 9.64. The van der Waals surface area contributed by atoms with Gasteiger partial charge in [-0.05, 0) is 37.8 Å². The second kappa shape index (κ2) is 10.5. The Balaban J connectivity index is 0.00000243. The summed E-state index contributed by atoms with van der Waals surface area (Å²) in [6.45, 7) is 5.66. The first kappa shape index (κ1) is 20.7. The quantitative estimate of drug-likeness (QED) is 0.270. The van der Waals surface area contributed by atoms with Crippen LogP contribution in [0.4, 0.5) is 0 Å². The van der Waals surface area contributed by atoms with Crippen LogP contribution in [-0.2, 0) is 12.0 Å². The highest BCUT2D eigenvalue weighted by Gasteiger charge is 2.38. The molecule has 0 atom stereocenters. The maximum atomic E-state index is 4.89. The van der Waals surface area contributed by atoms with E-state index in [-0.39, 0.29) is 29.4 Å². The third-order valence-corrected chi connectivity index (χ3v) is 5.00. The lowest BCUT2D eigenvalue weighted by Crippen LogP contribution is -2.42. The molecule has 5 nitrogen and oxygen atoms in total. The topological polar surface area (TPSA) is 54.2 Å². The van der Waals surface area contributed by atoms with E-state index < -0.39 is 0 Å². The summed E-state index contributed by atoms with van der Waals surface area (Å²) in [5.74, 6) is 0.921. The van der Waals surface area contributed by atoms with Gasteiger partial charge in [0.25, 0.3) is 0 Å². The van der Waals surface area contributed by atoms with Crippen LogP contribution in [0.25, 0.3) is 0 Å². The molecule has 26 heavy (non-hydrogen) atoms. The minimum absolute atomic E-state index is 0. The van der Waals surface area contributed by atoms with Crippen LogP contribution in [0.5, 0.6) is 0 Å². The van der Waals surface area contributed by atoms with Crippen molar-refractivity contribution in [3.05, 3.63) is 54.4 Å². The van der Waals surface area contributed by atoms with Crippen molar-refractivity contribution in [2.45, 2.75) is 44.6 Å². The van der Waals surface area contributed by atoms with Gasteiger partial charge in [-0.1, -0.05) is 36.8 Å². The second-order valence-electron chi connectivity index (χ2n) is 6.74. The summed E-state index contributed by atoms with van der Waals surface area (Å²) in [4.78, 5) is 4.89. The highest BCUT2D eigenvalue weighted by molar-refractivity contribution is 14.0. The predicted molar refractivity (Wildman–Crippen MR) is 118 cm³/mol. The van der Waals surface area contributed by atoms with E-state index in [2.05, 4.69) is 53.0 Å². The van der Waals surface area contributed by atoms with E-state index in [9.17, 15) is 0 Å². The fraction of sp³-hybridized carbons (Fsp3) is 0.500. The number of hydrogen-bond acceptors (Lipinski definition) is 2. The monoisotopic (exact) mass is 467 g/mol. The molecule has 6 heteroatoms. The average Bonchev–Trinajstić information content (AvgIpc) is 3.12. The van der Waals surface area contributed by atoms with E-state index in [1.54, 1.807) is 0 Å². The predicted octanol–water partition coefficient (Wildman–Crippen LogP) is 3.57. The van der Waals surface area contributed by atoms with Crippen molar-refractivity contribution in [3.63, 3.8) is 0 Å². The molecule has 0 unspecified atom stereocenters. The number of aryl methyl sites for hydroxylation is 1. The SMILES string of the molecule is CCNC(=NCC1(c2ccccc2)CCC1)NCCCn1cccn1.I. The first-order chi connectivity index (χ1) is 12.3. The van der Waals surface area contributed by atoms with Crippen molar-refractivity contribution in [1.29, 1.82) is 0 Å². The molecule has 0 spiro atoms. The molecule has 0 bridgehead atoms. The molecule has 0 amide bonds. The zero-order valence-corrected chi connectivity index (χ0v) is 17.9. The van der Waals surface area contributed by atoms with Gasteiger partial charge >= 0.3 is 0 Å². The first-order valence-corrected chi connectivity index (χ1v) is 9.37. The number of hydrogen-bond donors (Lipinski definition) is 2. The lowest BCUT2D eigenvalue weighted by molar-refractivity contribution is 0.253. The number of guanidine groups is 1. The summed E-state index contributed by atoms with van der Waals surface area (Å²) < 4.78 is 1.96. The highest BCUT2D eigenvalue weighted by Crippen LogP contribution is 2.43. The van der Waals surface area contributed by atoms with Crippen LogP contribution in [0, 0.1) is 0 Å². The fourth-order valence-electron chi connectivity index (χ4n) is 3.39. The first-order valence-electron chi connectivity index (χ1n) is 9.37. The normalized spacial score (nSPS) is 15.7. The largest absolute Gasteiger partial charge is 0.357 e. The maximum absolute atomic E-state index is 4.89. The van der Waals surface area contributed by atoms with Crippen LogP contribution in [0.3, 0.4) is 0 Å². The van der Waals surface area contributed by atoms with Crippen LogP contribution >= 0.6 is 24.0 Å². The third kappa shape index (κ3) is 5.46. The van der Waals surface area contributed by atoms with Crippen molar-refractivity contribution in [3.8, 4) is 0 Å². The number of halogens is 1. The molecule has 1 aromatic carbocycles. The van der Waals surface area contributed by atoms with Crippen LogP contribution in [-0.4, -0.2) is 35.4 Å². The molecule has 1 saturated carbocycles. The van der Waals surface area contributed by atoms with Crippen molar-refractivity contribution in [2.75, 3.05) is 19.6 Å². The summed E-state index contributed by atoms with van der Waals surface area (Å²) in [6.07, 6.45) is 8.62. The molecule has 1 fully saturated rings. The van der Waals surface area contributed by atoms with E-state index >= 15 is 0 Å². The molecule has 1 heterocycles. The standard InChI is InChI=1S/C20H29N5.HI/c1-2-21-19(22-13-7-15-25-16-8-14-24-25)23-17-20(11-6-12-20)18-9-4-3-5-10-18;/h3-5,8-10,14,16H,2,6-7,11-13,15,17H2,1H3,(H2,21,22,23);1H. The van der Waals surface area contributed by atoms with Gasteiger partial charge in [-0.25, -0.2) is 0 Å². The zero-order chi connectivity index (χ0) is 17.4. The van der Waals surface area contributed by atoms with E-state index in [0.717, 1.165) is 38.6 Å². The van der Waals surface area contributed by atoms with E-state index in [4.69, 9.17) is 4.99 Å². The molecule has 142 valence electrons. The molecule has 0 aliphatic heterocycles. The van der Waals surface area contributed by atoms with Crippen LogP contribution in [0.15, 0.2) is 53.8 Å². The van der Waals surface area contributed by atoms with Crippen molar-refractivity contribution in [1.82, 2.24) is 20.4 Å². The Morgan fingerprint density at radius 1 is 1.19 bits per heavy atom. The van der Waals surface area contributed by atoms with Crippen LogP contribution in [0.1, 0.15) is 38.2 Å². The molecule has 1 aliphatic rings. The number of nitrogens with one attached hydrogen (secondary N) is 2. The van der Waals surface area contributed by atoms with Gasteiger partial charge in [0.2, 0.25) is 0 Å². The number of nitrogens with zero attached hydrogens (tertiary/aromatic N) is 3. The number of aromatic nitrogens is 2. The average molecular weight is 467 g/mol. The van der Waals surface area contributed by atoms with E-state index in [1.807, 2.05) is 23.1 Å². The minimum Gasteiger partial charge on any atom is -0.357 e. The lowest BCUT2D eigenvalue weighted by Gasteiger charge is -2.41. The zero-order valence-electron chi connectivity index (χ0n) is 15.5. The van der Waals surface area contributed by atoms with Crippen LogP contribution in [0.2, 0.25) is 0 Å². The minimum atomic E-state index is 0.